The largest absolute Gasteiger partial charge is 0.416 e. The van der Waals surface area contributed by atoms with Gasteiger partial charge in [-0.15, -0.1) is 0 Å². The number of aromatic nitrogens is 4. The summed E-state index contributed by atoms with van der Waals surface area (Å²) >= 11 is 0. The van der Waals surface area contributed by atoms with Crippen LogP contribution in [0.1, 0.15) is 29.2 Å². The third-order valence-corrected chi connectivity index (χ3v) is 4.73. The van der Waals surface area contributed by atoms with Crippen molar-refractivity contribution in [3.8, 4) is 0 Å². The fourth-order valence-electron chi connectivity index (χ4n) is 3.34. The van der Waals surface area contributed by atoms with Gasteiger partial charge in [0.1, 0.15) is 12.7 Å². The first-order chi connectivity index (χ1) is 13.5. The van der Waals surface area contributed by atoms with Gasteiger partial charge in [-0.1, -0.05) is 24.3 Å². The van der Waals surface area contributed by atoms with Gasteiger partial charge in [0.25, 0.3) is 0 Å². The first-order valence-electron chi connectivity index (χ1n) is 8.85. The summed E-state index contributed by atoms with van der Waals surface area (Å²) in [5.41, 5.74) is 1.91. The zero-order chi connectivity index (χ0) is 19.6. The van der Waals surface area contributed by atoms with E-state index in [2.05, 4.69) is 21.1 Å². The third kappa shape index (κ3) is 3.88. The zero-order valence-corrected chi connectivity index (χ0v) is 14.8. The van der Waals surface area contributed by atoms with E-state index in [0.717, 1.165) is 22.5 Å². The molecule has 0 spiro atoms. The van der Waals surface area contributed by atoms with Crippen molar-refractivity contribution in [2.45, 2.75) is 25.1 Å². The first-order valence-corrected chi connectivity index (χ1v) is 8.85. The molecule has 0 saturated heterocycles. The van der Waals surface area contributed by atoms with Gasteiger partial charge in [0.05, 0.1) is 17.1 Å². The first kappa shape index (κ1) is 18.2. The van der Waals surface area contributed by atoms with Gasteiger partial charge in [-0.25, -0.2) is 9.67 Å². The van der Waals surface area contributed by atoms with Crippen molar-refractivity contribution in [2.75, 3.05) is 0 Å². The minimum Gasteiger partial charge on any atom is -0.256 e. The Kier molecular flexibility index (Phi) is 4.81. The van der Waals surface area contributed by atoms with Crippen LogP contribution in [0.2, 0.25) is 0 Å². The lowest BCUT2D eigenvalue weighted by Crippen LogP contribution is -2.14. The maximum atomic E-state index is 13.1. The molecule has 0 saturated carbocycles. The van der Waals surface area contributed by atoms with Crippen molar-refractivity contribution in [3.05, 3.63) is 90.1 Å². The maximum absolute atomic E-state index is 13.1. The van der Waals surface area contributed by atoms with Gasteiger partial charge in [0.2, 0.25) is 0 Å². The smallest absolute Gasteiger partial charge is 0.256 e. The van der Waals surface area contributed by atoms with Crippen LogP contribution in [0.15, 0.2) is 73.4 Å². The lowest BCUT2D eigenvalue weighted by atomic mass is 9.97. The van der Waals surface area contributed by atoms with E-state index in [0.29, 0.717) is 18.4 Å². The molecule has 0 aliphatic rings. The van der Waals surface area contributed by atoms with Gasteiger partial charge in [0.15, 0.2) is 0 Å². The van der Waals surface area contributed by atoms with Crippen LogP contribution in [-0.4, -0.2) is 19.7 Å². The predicted molar refractivity (Wildman–Crippen MR) is 99.7 cm³/mol. The van der Waals surface area contributed by atoms with Gasteiger partial charge in [0, 0.05) is 11.6 Å². The minimum absolute atomic E-state index is 0.339. The van der Waals surface area contributed by atoms with Crippen LogP contribution < -0.4 is 0 Å². The molecule has 28 heavy (non-hydrogen) atoms. The normalized spacial score (nSPS) is 13.0. The van der Waals surface area contributed by atoms with Crippen LogP contribution in [0.25, 0.3) is 10.9 Å². The number of aryl methyl sites for hydroxylation is 1. The Labute approximate surface area is 159 Å². The molecule has 4 nitrogen and oxygen atoms in total. The Balaban J connectivity index is 1.62. The van der Waals surface area contributed by atoms with Gasteiger partial charge in [-0.2, -0.15) is 18.3 Å². The molecule has 142 valence electrons. The molecule has 1 atom stereocenters. The molecule has 0 fully saturated rings. The van der Waals surface area contributed by atoms with Crippen molar-refractivity contribution in [2.24, 2.45) is 0 Å². The molecule has 0 bridgehead atoms. The molecular formula is C21H17F3N4. The molecule has 2 aromatic heterocycles. The van der Waals surface area contributed by atoms with Crippen LogP contribution in [0.3, 0.4) is 0 Å². The van der Waals surface area contributed by atoms with E-state index in [1.807, 2.05) is 24.3 Å². The predicted octanol–water partition coefficient (Wildman–Crippen LogP) is 5.07. The average molecular weight is 382 g/mol. The van der Waals surface area contributed by atoms with E-state index < -0.39 is 11.7 Å². The van der Waals surface area contributed by atoms with Crippen LogP contribution in [0.5, 0.6) is 0 Å². The number of hydrogen-bond donors (Lipinski definition) is 0. The Morgan fingerprint density at radius 2 is 1.89 bits per heavy atom. The SMILES string of the molecule is FC(F)(F)c1cccc(C(CCc2ccc3ncccc3c2)n2cncn2)c1. The summed E-state index contributed by atoms with van der Waals surface area (Å²) in [5, 5.41) is 5.20. The summed E-state index contributed by atoms with van der Waals surface area (Å²) in [6, 6.07) is 15.0. The molecule has 0 N–H and O–H groups in total. The van der Waals surface area contributed by atoms with Crippen LogP contribution >= 0.6 is 0 Å². The Morgan fingerprint density at radius 3 is 2.68 bits per heavy atom. The topological polar surface area (TPSA) is 43.6 Å². The van der Waals surface area contributed by atoms with Crippen molar-refractivity contribution in [3.63, 3.8) is 0 Å². The highest BCUT2D eigenvalue weighted by atomic mass is 19.4. The van der Waals surface area contributed by atoms with Gasteiger partial charge in [-0.3, -0.25) is 4.98 Å². The number of halogens is 3. The van der Waals surface area contributed by atoms with Gasteiger partial charge in [-0.05, 0) is 54.3 Å². The molecule has 4 rings (SSSR count). The summed E-state index contributed by atoms with van der Waals surface area (Å²) < 4.78 is 41.0. The van der Waals surface area contributed by atoms with E-state index in [9.17, 15) is 13.2 Å². The number of rotatable bonds is 5. The van der Waals surface area contributed by atoms with Crippen molar-refractivity contribution in [1.29, 1.82) is 0 Å². The molecule has 7 heteroatoms. The molecular weight excluding hydrogens is 365 g/mol. The Bertz CT molecular complexity index is 1070. The van der Waals surface area contributed by atoms with Crippen molar-refractivity contribution < 1.29 is 13.2 Å². The summed E-state index contributed by atoms with van der Waals surface area (Å²) in [4.78, 5) is 8.27. The van der Waals surface area contributed by atoms with E-state index in [-0.39, 0.29) is 6.04 Å². The molecule has 0 aliphatic heterocycles. The quantitative estimate of drug-likeness (QED) is 0.484. The lowest BCUT2D eigenvalue weighted by Gasteiger charge is -2.19. The number of benzene rings is 2. The Morgan fingerprint density at radius 1 is 1.00 bits per heavy atom. The second kappa shape index (κ2) is 7.42. The third-order valence-electron chi connectivity index (χ3n) is 4.73. The Hall–Kier alpha value is -3.22. The van der Waals surface area contributed by atoms with Gasteiger partial charge < -0.3 is 0 Å². The average Bonchev–Trinajstić information content (AvgIpc) is 3.22. The standard InChI is InChI=1S/C21H17F3N4/c22-21(23,24)18-5-1-3-17(12-18)20(28-14-25-13-27-28)9-7-15-6-8-19-16(11-15)4-2-10-26-19/h1-6,8,10-14,20H,7,9H2. The number of nitrogens with zero attached hydrogens (tertiary/aromatic N) is 4. The highest BCUT2D eigenvalue weighted by Crippen LogP contribution is 2.32. The second-order valence-corrected chi connectivity index (χ2v) is 6.58. The summed E-state index contributed by atoms with van der Waals surface area (Å²) in [5.74, 6) is 0. The number of pyridine rings is 1. The summed E-state index contributed by atoms with van der Waals surface area (Å²) in [7, 11) is 0. The van der Waals surface area contributed by atoms with Gasteiger partial charge >= 0.3 is 6.18 Å². The van der Waals surface area contributed by atoms with Crippen LogP contribution in [-0.2, 0) is 12.6 Å². The van der Waals surface area contributed by atoms with Crippen LogP contribution in [0, 0.1) is 0 Å². The highest BCUT2D eigenvalue weighted by molar-refractivity contribution is 5.78. The summed E-state index contributed by atoms with van der Waals surface area (Å²) in [6.45, 7) is 0. The molecule has 0 aliphatic carbocycles. The van der Waals surface area contributed by atoms with E-state index in [1.54, 1.807) is 16.9 Å². The zero-order valence-electron chi connectivity index (χ0n) is 14.8. The molecule has 0 amide bonds. The molecule has 0 radical (unpaired) electrons. The number of hydrogen-bond acceptors (Lipinski definition) is 3. The van der Waals surface area contributed by atoms with E-state index in [4.69, 9.17) is 0 Å². The number of alkyl halides is 3. The fraction of sp³-hybridized carbons (Fsp3) is 0.190. The fourth-order valence-corrected chi connectivity index (χ4v) is 3.34. The molecule has 2 aromatic carbocycles. The van der Waals surface area contributed by atoms with Crippen molar-refractivity contribution in [1.82, 2.24) is 19.7 Å². The highest BCUT2D eigenvalue weighted by Gasteiger charge is 2.31. The molecule has 1 unspecified atom stereocenters. The second-order valence-electron chi connectivity index (χ2n) is 6.58. The van der Waals surface area contributed by atoms with E-state index in [1.165, 1.54) is 24.8 Å². The molecule has 4 aromatic rings. The maximum Gasteiger partial charge on any atom is 0.416 e. The summed E-state index contributed by atoms with van der Waals surface area (Å²) in [6.07, 6.45) is 1.57. The van der Waals surface area contributed by atoms with Crippen LogP contribution in [0.4, 0.5) is 13.2 Å². The van der Waals surface area contributed by atoms with E-state index >= 15 is 0 Å². The minimum atomic E-state index is -4.38. The van der Waals surface area contributed by atoms with Crippen molar-refractivity contribution >= 4 is 10.9 Å². The monoisotopic (exact) mass is 382 g/mol. The lowest BCUT2D eigenvalue weighted by molar-refractivity contribution is -0.137. The number of fused-ring (bicyclic) bond motifs is 1. The molecule has 2 heterocycles.